The minimum Gasteiger partial charge on any atom is -0.310 e. The SMILES string of the molecule is CC(=O)N1C[C@@H](C)Sc2ccc(S(=O)(=O)Nc3ccc(F)cc3C)cc21. The van der Waals surface area contributed by atoms with Crippen LogP contribution in [-0.2, 0) is 14.8 Å². The van der Waals surface area contributed by atoms with Crippen molar-refractivity contribution in [1.29, 1.82) is 0 Å². The summed E-state index contributed by atoms with van der Waals surface area (Å²) in [5.41, 5.74) is 1.40. The number of rotatable bonds is 3. The van der Waals surface area contributed by atoms with E-state index in [0.29, 0.717) is 23.5 Å². The van der Waals surface area contributed by atoms with Crippen molar-refractivity contribution in [1.82, 2.24) is 0 Å². The summed E-state index contributed by atoms with van der Waals surface area (Å²) < 4.78 is 41.2. The molecule has 0 saturated carbocycles. The van der Waals surface area contributed by atoms with Crippen LogP contribution in [0.2, 0.25) is 0 Å². The van der Waals surface area contributed by atoms with E-state index in [0.717, 1.165) is 4.90 Å². The number of anilines is 2. The van der Waals surface area contributed by atoms with E-state index in [9.17, 15) is 17.6 Å². The molecule has 8 heteroatoms. The van der Waals surface area contributed by atoms with Gasteiger partial charge in [-0.3, -0.25) is 9.52 Å². The van der Waals surface area contributed by atoms with Crippen molar-refractivity contribution in [3.63, 3.8) is 0 Å². The van der Waals surface area contributed by atoms with Gasteiger partial charge in [0.05, 0.1) is 16.3 Å². The predicted molar refractivity (Wildman–Crippen MR) is 102 cm³/mol. The number of fused-ring (bicyclic) bond motifs is 1. The number of nitrogens with one attached hydrogen (secondary N) is 1. The molecule has 0 radical (unpaired) electrons. The Labute approximate surface area is 156 Å². The zero-order valence-corrected chi connectivity index (χ0v) is 16.2. The van der Waals surface area contributed by atoms with Gasteiger partial charge in [-0.2, -0.15) is 0 Å². The molecule has 3 rings (SSSR count). The largest absolute Gasteiger partial charge is 0.310 e. The smallest absolute Gasteiger partial charge is 0.261 e. The first-order valence-corrected chi connectivity index (χ1v) is 10.4. The van der Waals surface area contributed by atoms with Crippen LogP contribution in [0, 0.1) is 12.7 Å². The molecule has 1 aliphatic rings. The van der Waals surface area contributed by atoms with Gasteiger partial charge in [0, 0.05) is 23.6 Å². The summed E-state index contributed by atoms with van der Waals surface area (Å²) in [6, 6.07) is 8.60. The van der Waals surface area contributed by atoms with Crippen molar-refractivity contribution in [2.75, 3.05) is 16.2 Å². The highest BCUT2D eigenvalue weighted by Gasteiger charge is 2.27. The monoisotopic (exact) mass is 394 g/mol. The fourth-order valence-electron chi connectivity index (χ4n) is 2.83. The summed E-state index contributed by atoms with van der Waals surface area (Å²) in [5, 5.41) is 0.230. The van der Waals surface area contributed by atoms with Crippen LogP contribution in [0.3, 0.4) is 0 Å². The molecule has 1 aliphatic heterocycles. The molecule has 0 aromatic heterocycles. The Bertz CT molecular complexity index is 976. The molecular formula is C18H19FN2O3S2. The molecule has 1 N–H and O–H groups in total. The molecule has 138 valence electrons. The number of hydrogen-bond acceptors (Lipinski definition) is 4. The van der Waals surface area contributed by atoms with Crippen LogP contribution >= 0.6 is 11.8 Å². The van der Waals surface area contributed by atoms with Crippen molar-refractivity contribution in [2.24, 2.45) is 0 Å². The van der Waals surface area contributed by atoms with Gasteiger partial charge >= 0.3 is 0 Å². The van der Waals surface area contributed by atoms with Gasteiger partial charge in [-0.25, -0.2) is 12.8 Å². The first kappa shape index (κ1) is 18.7. The highest BCUT2D eigenvalue weighted by molar-refractivity contribution is 8.00. The van der Waals surface area contributed by atoms with Crippen molar-refractivity contribution >= 4 is 39.1 Å². The van der Waals surface area contributed by atoms with Crippen LogP contribution in [-0.4, -0.2) is 26.1 Å². The Kier molecular flexibility index (Phi) is 4.98. The summed E-state index contributed by atoms with van der Waals surface area (Å²) in [6.45, 7) is 5.64. The van der Waals surface area contributed by atoms with Crippen molar-refractivity contribution < 1.29 is 17.6 Å². The molecule has 1 atom stereocenters. The third-order valence-corrected chi connectivity index (χ3v) is 6.63. The Morgan fingerprint density at radius 1 is 1.27 bits per heavy atom. The summed E-state index contributed by atoms with van der Waals surface area (Å²) in [7, 11) is -3.86. The lowest BCUT2D eigenvalue weighted by molar-refractivity contribution is -0.116. The maximum absolute atomic E-state index is 13.2. The van der Waals surface area contributed by atoms with Crippen molar-refractivity contribution in [3.05, 3.63) is 47.8 Å². The van der Waals surface area contributed by atoms with E-state index in [-0.39, 0.29) is 16.1 Å². The van der Waals surface area contributed by atoms with Gasteiger partial charge < -0.3 is 4.90 Å². The van der Waals surface area contributed by atoms with Crippen LogP contribution in [0.4, 0.5) is 15.8 Å². The second-order valence-electron chi connectivity index (χ2n) is 6.25. The fourth-order valence-corrected chi connectivity index (χ4v) is 5.07. The Morgan fingerprint density at radius 2 is 2.00 bits per heavy atom. The number of halogens is 1. The number of hydrogen-bond donors (Lipinski definition) is 1. The number of aryl methyl sites for hydroxylation is 1. The van der Waals surface area contributed by atoms with Gasteiger partial charge in [0.25, 0.3) is 10.0 Å². The quantitative estimate of drug-likeness (QED) is 0.860. The molecule has 2 aromatic carbocycles. The molecule has 1 amide bonds. The third kappa shape index (κ3) is 3.71. The minimum absolute atomic E-state index is 0.0568. The molecule has 0 saturated heterocycles. The van der Waals surface area contributed by atoms with Crippen LogP contribution in [0.5, 0.6) is 0 Å². The van der Waals surface area contributed by atoms with E-state index < -0.39 is 15.8 Å². The topological polar surface area (TPSA) is 66.5 Å². The standard InChI is InChI=1S/C18H19FN2O3S2/c1-11-8-14(19)4-6-16(11)20-26(23,24)15-5-7-18-17(9-15)21(13(3)22)10-12(2)25-18/h4-9,12,20H,10H2,1-3H3/t12-/m1/s1. The number of benzene rings is 2. The minimum atomic E-state index is -3.86. The van der Waals surface area contributed by atoms with Gasteiger partial charge in [0.1, 0.15) is 5.82 Å². The van der Waals surface area contributed by atoms with Gasteiger partial charge in [0.15, 0.2) is 0 Å². The zero-order chi connectivity index (χ0) is 19.1. The van der Waals surface area contributed by atoms with E-state index >= 15 is 0 Å². The van der Waals surface area contributed by atoms with E-state index in [2.05, 4.69) is 4.72 Å². The fraction of sp³-hybridized carbons (Fsp3) is 0.278. The molecule has 0 fully saturated rings. The van der Waals surface area contributed by atoms with Crippen LogP contribution in [0.1, 0.15) is 19.4 Å². The molecular weight excluding hydrogens is 375 g/mol. The van der Waals surface area contributed by atoms with Gasteiger partial charge in [-0.05, 0) is 48.9 Å². The first-order chi connectivity index (χ1) is 12.2. The second kappa shape index (κ2) is 6.92. The summed E-state index contributed by atoms with van der Waals surface area (Å²) in [5.74, 6) is -0.558. The van der Waals surface area contributed by atoms with Crippen LogP contribution < -0.4 is 9.62 Å². The molecule has 1 heterocycles. The van der Waals surface area contributed by atoms with E-state index in [4.69, 9.17) is 0 Å². The summed E-state index contributed by atoms with van der Waals surface area (Å²) >= 11 is 1.61. The van der Waals surface area contributed by atoms with Gasteiger partial charge in [-0.1, -0.05) is 6.92 Å². The number of thioether (sulfide) groups is 1. The van der Waals surface area contributed by atoms with Crippen LogP contribution in [0.15, 0.2) is 46.2 Å². The average molecular weight is 394 g/mol. The number of nitrogens with zero attached hydrogens (tertiary/aromatic N) is 1. The Morgan fingerprint density at radius 3 is 2.65 bits per heavy atom. The Balaban J connectivity index is 1.98. The average Bonchev–Trinajstić information content (AvgIpc) is 2.56. The van der Waals surface area contributed by atoms with E-state index in [1.54, 1.807) is 29.7 Å². The molecule has 2 aromatic rings. The van der Waals surface area contributed by atoms with Crippen LogP contribution in [0.25, 0.3) is 0 Å². The Hall–Kier alpha value is -2.06. The normalized spacial score (nSPS) is 16.9. The van der Waals surface area contributed by atoms with E-state index in [1.165, 1.54) is 37.3 Å². The predicted octanol–water partition coefficient (Wildman–Crippen LogP) is 3.78. The molecule has 26 heavy (non-hydrogen) atoms. The highest BCUT2D eigenvalue weighted by atomic mass is 32.2. The van der Waals surface area contributed by atoms with Gasteiger partial charge in [0.2, 0.25) is 5.91 Å². The summed E-state index contributed by atoms with van der Waals surface area (Å²) in [6.07, 6.45) is 0. The number of carbonyl (C=O) groups is 1. The number of sulfonamides is 1. The van der Waals surface area contributed by atoms with Crippen molar-refractivity contribution in [3.8, 4) is 0 Å². The number of carbonyl (C=O) groups excluding carboxylic acids is 1. The second-order valence-corrected chi connectivity index (χ2v) is 9.42. The lowest BCUT2D eigenvalue weighted by Gasteiger charge is -2.32. The van der Waals surface area contributed by atoms with Crippen molar-refractivity contribution in [2.45, 2.75) is 35.8 Å². The number of amides is 1. The first-order valence-electron chi connectivity index (χ1n) is 8.05. The lowest BCUT2D eigenvalue weighted by atomic mass is 10.2. The summed E-state index contributed by atoms with van der Waals surface area (Å²) in [4.78, 5) is 14.5. The maximum Gasteiger partial charge on any atom is 0.261 e. The zero-order valence-electron chi connectivity index (χ0n) is 14.6. The highest BCUT2D eigenvalue weighted by Crippen LogP contribution is 2.40. The molecule has 0 unspecified atom stereocenters. The molecule has 0 bridgehead atoms. The maximum atomic E-state index is 13.2. The molecule has 0 aliphatic carbocycles. The molecule has 0 spiro atoms. The van der Waals surface area contributed by atoms with Gasteiger partial charge in [-0.15, -0.1) is 11.8 Å². The van der Waals surface area contributed by atoms with E-state index in [1.807, 2.05) is 6.92 Å². The third-order valence-electron chi connectivity index (χ3n) is 4.11. The lowest BCUT2D eigenvalue weighted by Crippen LogP contribution is -2.37. The molecule has 5 nitrogen and oxygen atoms in total.